The molecule has 0 saturated carbocycles. The van der Waals surface area contributed by atoms with Crippen molar-refractivity contribution in [2.75, 3.05) is 26.4 Å². The van der Waals surface area contributed by atoms with Crippen LogP contribution in [-0.4, -0.2) is 66.5 Å². The Balaban J connectivity index is 4.83. The van der Waals surface area contributed by atoms with E-state index in [1.54, 1.807) is 0 Å². The van der Waals surface area contributed by atoms with Crippen molar-refractivity contribution in [3.8, 4) is 0 Å². The van der Waals surface area contributed by atoms with Crippen LogP contribution in [0.2, 0.25) is 0 Å². The number of esters is 3. The third-order valence-electron chi connectivity index (χ3n) is 12.2. The molecule has 0 rings (SSSR count). The zero-order valence-corrected chi connectivity index (χ0v) is 50.9. The summed E-state index contributed by atoms with van der Waals surface area (Å²) < 4.78 is 39.6. The molecule has 2 N–H and O–H groups in total. The fourth-order valence-corrected chi connectivity index (χ4v) is 8.47. The molecule has 0 saturated heterocycles. The smallest absolute Gasteiger partial charge is 0.462 e. The minimum Gasteiger partial charge on any atom is -0.462 e. The van der Waals surface area contributed by atoms with Gasteiger partial charge in [-0.05, 0) is 128 Å². The summed E-state index contributed by atoms with van der Waals surface area (Å²) in [6, 6.07) is 0. The largest absolute Gasteiger partial charge is 0.472 e. The lowest BCUT2D eigenvalue weighted by Gasteiger charge is -2.21. The van der Waals surface area contributed by atoms with Gasteiger partial charge in [-0.2, -0.15) is 0 Å². The second kappa shape index (κ2) is 60.5. The van der Waals surface area contributed by atoms with Crippen molar-refractivity contribution in [2.45, 2.75) is 238 Å². The van der Waals surface area contributed by atoms with Crippen molar-refractivity contribution in [3.05, 3.63) is 146 Å². The number of phosphoric acid groups is 1. The van der Waals surface area contributed by atoms with Crippen LogP contribution < -0.4 is 0 Å². The first-order valence-corrected chi connectivity index (χ1v) is 32.2. The predicted molar refractivity (Wildman–Crippen MR) is 334 cm³/mol. The lowest BCUT2D eigenvalue weighted by molar-refractivity contribution is -0.161. The number of aliphatic hydroxyl groups excluding tert-OH is 1. The summed E-state index contributed by atoms with van der Waals surface area (Å²) in [7, 11) is -4.78. The molecule has 3 unspecified atom stereocenters. The number of phosphoric ester groups is 1. The van der Waals surface area contributed by atoms with E-state index >= 15 is 0 Å². The maximum atomic E-state index is 12.9. The van der Waals surface area contributed by atoms with Gasteiger partial charge in [0.1, 0.15) is 12.7 Å². The van der Waals surface area contributed by atoms with Crippen LogP contribution >= 0.6 is 7.82 Å². The molecule has 0 radical (unpaired) electrons. The molecule has 0 amide bonds. The molecule has 0 bridgehead atoms. The Labute approximate surface area is 486 Å². The number of hydrogen-bond donors (Lipinski definition) is 2. The van der Waals surface area contributed by atoms with Gasteiger partial charge in [0.2, 0.25) is 0 Å². The van der Waals surface area contributed by atoms with Crippen molar-refractivity contribution in [1.29, 1.82) is 0 Å². The van der Waals surface area contributed by atoms with Gasteiger partial charge < -0.3 is 24.2 Å². The van der Waals surface area contributed by atoms with Crippen LogP contribution in [0.3, 0.4) is 0 Å². The molecule has 0 aromatic rings. The first-order valence-electron chi connectivity index (χ1n) is 30.7. The second-order valence-corrected chi connectivity index (χ2v) is 21.2. The monoisotopic (exact) mass is 1130 g/mol. The molecule has 0 aliphatic heterocycles. The Morgan fingerprint density at radius 3 is 0.988 bits per heavy atom. The normalized spacial score (nSPS) is 14.3. The van der Waals surface area contributed by atoms with Gasteiger partial charge in [0.25, 0.3) is 0 Å². The van der Waals surface area contributed by atoms with Gasteiger partial charge >= 0.3 is 25.7 Å². The highest BCUT2D eigenvalue weighted by Crippen LogP contribution is 2.43. The molecule has 80 heavy (non-hydrogen) atoms. The van der Waals surface area contributed by atoms with Crippen LogP contribution in [0.15, 0.2) is 146 Å². The zero-order chi connectivity index (χ0) is 58.3. The molecule has 3 atom stereocenters. The van der Waals surface area contributed by atoms with Gasteiger partial charge in [-0.15, -0.1) is 0 Å². The Bertz CT molecular complexity index is 1900. The van der Waals surface area contributed by atoms with Gasteiger partial charge in [-0.1, -0.05) is 224 Å². The van der Waals surface area contributed by atoms with E-state index in [-0.39, 0.29) is 25.9 Å². The molecule has 0 heterocycles. The van der Waals surface area contributed by atoms with Crippen molar-refractivity contribution in [2.24, 2.45) is 0 Å². The van der Waals surface area contributed by atoms with Gasteiger partial charge in [-0.3, -0.25) is 23.4 Å². The van der Waals surface area contributed by atoms with Gasteiger partial charge in [0, 0.05) is 19.3 Å². The number of carbonyl (C=O) groups excluding carboxylic acids is 3. The molecule has 0 spiro atoms. The van der Waals surface area contributed by atoms with Crippen molar-refractivity contribution >= 4 is 25.7 Å². The average molecular weight is 1130 g/mol. The van der Waals surface area contributed by atoms with Gasteiger partial charge in [-0.25, -0.2) is 4.57 Å². The molecule has 0 aromatic heterocycles. The maximum absolute atomic E-state index is 12.9. The summed E-state index contributed by atoms with van der Waals surface area (Å²) in [4.78, 5) is 48.7. The molecule has 0 aliphatic rings. The Morgan fingerprint density at radius 2 is 0.625 bits per heavy atom. The van der Waals surface area contributed by atoms with E-state index in [2.05, 4.69) is 154 Å². The summed E-state index contributed by atoms with van der Waals surface area (Å²) in [6.07, 6.45) is 78.0. The third-order valence-corrected chi connectivity index (χ3v) is 13.2. The number of carbonyl (C=O) groups is 3. The third kappa shape index (κ3) is 58.0. The number of hydrogen-bond acceptors (Lipinski definition) is 10. The van der Waals surface area contributed by atoms with E-state index in [1.807, 2.05) is 12.2 Å². The molecule has 452 valence electrons. The van der Waals surface area contributed by atoms with Crippen LogP contribution in [0.1, 0.15) is 226 Å². The van der Waals surface area contributed by atoms with Crippen LogP contribution in [-0.2, 0) is 42.2 Å². The topological polar surface area (TPSA) is 155 Å². The molecular formula is C68H109O11P. The fraction of sp³-hybridized carbons (Fsp3) is 0.603. The van der Waals surface area contributed by atoms with E-state index in [1.165, 1.54) is 6.42 Å². The van der Waals surface area contributed by atoms with Gasteiger partial charge in [0.05, 0.1) is 19.8 Å². The van der Waals surface area contributed by atoms with Crippen LogP contribution in [0, 0.1) is 0 Å². The number of rotatable bonds is 55. The van der Waals surface area contributed by atoms with E-state index in [4.69, 9.17) is 23.3 Å². The predicted octanol–water partition coefficient (Wildman–Crippen LogP) is 18.7. The highest BCUT2D eigenvalue weighted by Gasteiger charge is 2.28. The summed E-state index contributed by atoms with van der Waals surface area (Å²) in [5.74, 6) is -1.58. The Hall–Kier alpha value is -4.64. The zero-order valence-electron chi connectivity index (χ0n) is 50.0. The Kier molecular flexibility index (Phi) is 56.9. The minimum absolute atomic E-state index is 0.0771. The summed E-state index contributed by atoms with van der Waals surface area (Å²) >= 11 is 0. The molecule has 0 fully saturated rings. The van der Waals surface area contributed by atoms with Crippen LogP contribution in [0.5, 0.6) is 0 Å². The molecule has 0 aliphatic carbocycles. The first-order chi connectivity index (χ1) is 39.2. The summed E-state index contributed by atoms with van der Waals surface area (Å²) in [6.45, 7) is 4.21. The average Bonchev–Trinajstić information content (AvgIpc) is 3.45. The number of ether oxygens (including phenoxy) is 3. The van der Waals surface area contributed by atoms with Crippen molar-refractivity contribution in [1.82, 2.24) is 0 Å². The molecular weight excluding hydrogens is 1020 g/mol. The number of unbranched alkanes of at least 4 members (excludes halogenated alkanes) is 14. The quantitative estimate of drug-likeness (QED) is 0.0197. The Morgan fingerprint density at radius 1 is 0.350 bits per heavy atom. The summed E-state index contributed by atoms with van der Waals surface area (Å²) in [5, 5.41) is 9.84. The van der Waals surface area contributed by atoms with Crippen LogP contribution in [0.4, 0.5) is 0 Å². The molecule has 11 nitrogen and oxygen atoms in total. The number of allylic oxidation sites excluding steroid dienone is 24. The first kappa shape index (κ1) is 75.4. The van der Waals surface area contributed by atoms with E-state index < -0.39 is 57.8 Å². The SMILES string of the molecule is CC/C=C\C/C=C\C/C=C\C/C=C\C/C=C\CCCC(=O)OC(COC(=O)CCCCCCCC/C=C\C/C=C\C/C=C\C/C=C\CC)COP(=O)(O)OCC(CO)OC(=O)CCCCCCCCC/C=C\C/C=C\C/C=C\CC. The summed E-state index contributed by atoms with van der Waals surface area (Å²) in [5.41, 5.74) is 0. The lowest BCUT2D eigenvalue weighted by atomic mass is 10.1. The van der Waals surface area contributed by atoms with E-state index in [0.29, 0.717) is 25.7 Å². The van der Waals surface area contributed by atoms with Crippen LogP contribution in [0.25, 0.3) is 0 Å². The molecule has 12 heteroatoms. The minimum atomic E-state index is -4.78. The second-order valence-electron chi connectivity index (χ2n) is 19.7. The van der Waals surface area contributed by atoms with E-state index in [0.717, 1.165) is 154 Å². The highest BCUT2D eigenvalue weighted by atomic mass is 31.2. The maximum Gasteiger partial charge on any atom is 0.472 e. The van der Waals surface area contributed by atoms with Gasteiger partial charge in [0.15, 0.2) is 6.10 Å². The fourth-order valence-electron chi connectivity index (χ4n) is 7.69. The molecule has 0 aromatic carbocycles. The van der Waals surface area contributed by atoms with Crippen molar-refractivity contribution < 1.29 is 52.2 Å². The van der Waals surface area contributed by atoms with Crippen molar-refractivity contribution in [3.63, 3.8) is 0 Å². The lowest BCUT2D eigenvalue weighted by Crippen LogP contribution is -2.30. The standard InChI is InChI=1S/C68H109O11P/c1-4-7-10-13-16-19-22-25-28-31-32-35-36-39-42-45-48-51-54-57-66(70)75-61-65(79-68(72)59-56-53-50-47-44-41-38-34-30-27-24-21-18-15-12-9-6-3)63-77-80(73,74)76-62-64(60-69)78-67(71)58-55-52-49-46-43-40-37-33-29-26-23-20-17-14-11-8-5-2/h7-12,16-21,25-30,32,35,38,41,47,50,64-65,69H,4-6,13-15,22-24,31,33-34,36-37,39-40,42-46,48-49,51-63H2,1-3H3,(H,73,74)/b10-7-,11-8-,12-9-,19-16-,20-17-,21-18-,28-25-,29-26-,30-27-,35-32-,41-38-,50-47-. The number of aliphatic hydroxyl groups is 1. The highest BCUT2D eigenvalue weighted by molar-refractivity contribution is 7.47. The van der Waals surface area contributed by atoms with E-state index in [9.17, 15) is 28.9 Å².